The number of esters is 1. The average Bonchev–Trinajstić information content (AvgIpc) is 2.63. The molecule has 0 spiro atoms. The molecular formula is C17H20N4O3. The number of amides is 1. The van der Waals surface area contributed by atoms with E-state index in [2.05, 4.69) is 15.3 Å². The first kappa shape index (κ1) is 17.4. The normalized spacial score (nSPS) is 10.1. The molecule has 0 radical (unpaired) electrons. The summed E-state index contributed by atoms with van der Waals surface area (Å²) in [5.41, 5.74) is 1.34. The van der Waals surface area contributed by atoms with Gasteiger partial charge in [0, 0.05) is 25.5 Å². The third-order valence-corrected chi connectivity index (χ3v) is 3.53. The maximum absolute atomic E-state index is 12.2. The minimum absolute atomic E-state index is 0.110. The van der Waals surface area contributed by atoms with E-state index >= 15 is 0 Å². The molecule has 1 heterocycles. The van der Waals surface area contributed by atoms with Gasteiger partial charge in [0.2, 0.25) is 5.95 Å². The second-order valence-corrected chi connectivity index (χ2v) is 4.93. The van der Waals surface area contributed by atoms with Gasteiger partial charge in [0.15, 0.2) is 0 Å². The second-order valence-electron chi connectivity index (χ2n) is 4.93. The average molecular weight is 328 g/mol. The first-order chi connectivity index (χ1) is 11.6. The van der Waals surface area contributed by atoms with Crippen LogP contribution in [0.2, 0.25) is 0 Å². The number of benzene rings is 1. The Morgan fingerprint density at radius 1 is 1.12 bits per heavy atom. The Balaban J connectivity index is 2.18. The van der Waals surface area contributed by atoms with Crippen molar-refractivity contribution in [2.24, 2.45) is 0 Å². The lowest BCUT2D eigenvalue weighted by atomic mass is 10.2. The summed E-state index contributed by atoms with van der Waals surface area (Å²) in [6, 6.07) is 6.90. The van der Waals surface area contributed by atoms with Crippen LogP contribution in [0.4, 0.5) is 11.6 Å². The summed E-state index contributed by atoms with van der Waals surface area (Å²) < 4.78 is 4.75. The van der Waals surface area contributed by atoms with Gasteiger partial charge in [-0.25, -0.2) is 14.8 Å². The van der Waals surface area contributed by atoms with Gasteiger partial charge in [0.1, 0.15) is 0 Å². The van der Waals surface area contributed by atoms with Gasteiger partial charge in [-0.2, -0.15) is 0 Å². The Bertz CT molecular complexity index is 712. The van der Waals surface area contributed by atoms with Gasteiger partial charge < -0.3 is 15.0 Å². The first-order valence-corrected chi connectivity index (χ1v) is 7.66. The number of methoxy groups -OCH3 is 1. The van der Waals surface area contributed by atoms with Gasteiger partial charge in [-0.05, 0) is 26.0 Å². The van der Waals surface area contributed by atoms with E-state index in [0.29, 0.717) is 35.9 Å². The van der Waals surface area contributed by atoms with E-state index in [1.807, 2.05) is 13.8 Å². The minimum atomic E-state index is -0.452. The number of ether oxygens (including phenoxy) is 1. The van der Waals surface area contributed by atoms with Crippen LogP contribution in [0.5, 0.6) is 0 Å². The van der Waals surface area contributed by atoms with Gasteiger partial charge >= 0.3 is 5.97 Å². The maximum Gasteiger partial charge on any atom is 0.339 e. The molecular weight excluding hydrogens is 308 g/mol. The van der Waals surface area contributed by atoms with E-state index in [1.165, 1.54) is 19.5 Å². The van der Waals surface area contributed by atoms with Gasteiger partial charge in [0.25, 0.3) is 5.91 Å². The van der Waals surface area contributed by atoms with Crippen LogP contribution in [0.3, 0.4) is 0 Å². The number of hydrogen-bond donors (Lipinski definition) is 1. The van der Waals surface area contributed by atoms with Crippen molar-refractivity contribution >= 4 is 23.5 Å². The first-order valence-electron chi connectivity index (χ1n) is 7.66. The lowest BCUT2D eigenvalue weighted by Crippen LogP contribution is -2.30. The van der Waals surface area contributed by atoms with Crippen LogP contribution in [-0.2, 0) is 4.74 Å². The summed E-state index contributed by atoms with van der Waals surface area (Å²) in [6.45, 7) is 5.09. The van der Waals surface area contributed by atoms with Gasteiger partial charge in [-0.3, -0.25) is 4.79 Å². The third kappa shape index (κ3) is 3.87. The molecule has 126 valence electrons. The Labute approximate surface area is 140 Å². The van der Waals surface area contributed by atoms with Crippen molar-refractivity contribution in [3.8, 4) is 0 Å². The highest BCUT2D eigenvalue weighted by Gasteiger charge is 2.15. The molecule has 7 nitrogen and oxygen atoms in total. The van der Waals surface area contributed by atoms with Crippen LogP contribution in [0.15, 0.2) is 36.7 Å². The topological polar surface area (TPSA) is 84.4 Å². The molecule has 0 saturated heterocycles. The maximum atomic E-state index is 12.2. The molecule has 2 rings (SSSR count). The lowest BCUT2D eigenvalue weighted by molar-refractivity contribution is 0.0601. The summed E-state index contributed by atoms with van der Waals surface area (Å²) in [4.78, 5) is 34.0. The summed E-state index contributed by atoms with van der Waals surface area (Å²) >= 11 is 0. The zero-order chi connectivity index (χ0) is 17.5. The van der Waals surface area contributed by atoms with E-state index in [-0.39, 0.29) is 5.91 Å². The molecule has 0 aliphatic carbocycles. The number of nitrogens with one attached hydrogen (secondary N) is 1. The molecule has 0 unspecified atom stereocenters. The predicted molar refractivity (Wildman–Crippen MR) is 90.3 cm³/mol. The van der Waals surface area contributed by atoms with E-state index in [9.17, 15) is 9.59 Å². The standard InChI is InChI=1S/C17H20N4O3/c1-4-21(5-2)15(22)12-10-18-17(19-11-12)20-14-9-7-6-8-13(14)16(23)24-3/h6-11H,4-5H2,1-3H3,(H,18,19,20). The molecule has 1 amide bonds. The van der Waals surface area contributed by atoms with Crippen molar-refractivity contribution in [1.29, 1.82) is 0 Å². The van der Waals surface area contributed by atoms with Crippen LogP contribution >= 0.6 is 0 Å². The summed E-state index contributed by atoms with van der Waals surface area (Å²) in [5.74, 6) is -0.268. The number of carbonyl (C=O) groups excluding carboxylic acids is 2. The van der Waals surface area contributed by atoms with Crippen molar-refractivity contribution in [3.05, 3.63) is 47.8 Å². The Kier molecular flexibility index (Phi) is 5.83. The van der Waals surface area contributed by atoms with Crippen molar-refractivity contribution in [2.45, 2.75) is 13.8 Å². The number of aromatic nitrogens is 2. The number of para-hydroxylation sites is 1. The number of nitrogens with zero attached hydrogens (tertiary/aromatic N) is 3. The fourth-order valence-electron chi connectivity index (χ4n) is 2.20. The van der Waals surface area contributed by atoms with Crippen LogP contribution in [0, 0.1) is 0 Å². The Morgan fingerprint density at radius 2 is 1.75 bits per heavy atom. The molecule has 0 fully saturated rings. The Morgan fingerprint density at radius 3 is 2.33 bits per heavy atom. The molecule has 0 saturated carbocycles. The smallest absolute Gasteiger partial charge is 0.339 e. The summed E-state index contributed by atoms with van der Waals surface area (Å²) in [6.07, 6.45) is 2.94. The SMILES string of the molecule is CCN(CC)C(=O)c1cnc(Nc2ccccc2C(=O)OC)nc1. The fourth-order valence-corrected chi connectivity index (χ4v) is 2.20. The zero-order valence-corrected chi connectivity index (χ0v) is 13.9. The van der Waals surface area contributed by atoms with Crippen LogP contribution in [-0.4, -0.2) is 46.9 Å². The van der Waals surface area contributed by atoms with E-state index in [0.717, 1.165) is 0 Å². The van der Waals surface area contributed by atoms with Crippen LogP contribution in [0.25, 0.3) is 0 Å². The molecule has 1 aromatic heterocycles. The van der Waals surface area contributed by atoms with Gasteiger partial charge in [-0.1, -0.05) is 12.1 Å². The third-order valence-electron chi connectivity index (χ3n) is 3.53. The Hall–Kier alpha value is -2.96. The lowest BCUT2D eigenvalue weighted by Gasteiger charge is -2.18. The summed E-state index contributed by atoms with van der Waals surface area (Å²) in [7, 11) is 1.32. The molecule has 0 aliphatic rings. The highest BCUT2D eigenvalue weighted by Crippen LogP contribution is 2.19. The quantitative estimate of drug-likeness (QED) is 0.820. The van der Waals surface area contributed by atoms with E-state index < -0.39 is 5.97 Å². The van der Waals surface area contributed by atoms with Gasteiger partial charge in [0.05, 0.1) is 23.9 Å². The van der Waals surface area contributed by atoms with Crippen LogP contribution in [0.1, 0.15) is 34.6 Å². The summed E-state index contributed by atoms with van der Waals surface area (Å²) in [5, 5.41) is 2.96. The molecule has 0 atom stereocenters. The van der Waals surface area contributed by atoms with E-state index in [4.69, 9.17) is 4.74 Å². The molecule has 24 heavy (non-hydrogen) atoms. The van der Waals surface area contributed by atoms with Crippen LogP contribution < -0.4 is 5.32 Å². The second kappa shape index (κ2) is 8.05. The monoisotopic (exact) mass is 328 g/mol. The number of hydrogen-bond acceptors (Lipinski definition) is 6. The molecule has 7 heteroatoms. The number of carbonyl (C=O) groups is 2. The van der Waals surface area contributed by atoms with Crippen molar-refractivity contribution < 1.29 is 14.3 Å². The predicted octanol–water partition coefficient (Wildman–Crippen LogP) is 2.49. The minimum Gasteiger partial charge on any atom is -0.465 e. The highest BCUT2D eigenvalue weighted by molar-refractivity contribution is 5.96. The van der Waals surface area contributed by atoms with Crippen molar-refractivity contribution in [2.75, 3.05) is 25.5 Å². The molecule has 1 N–H and O–H groups in total. The number of anilines is 2. The molecule has 0 aliphatic heterocycles. The fraction of sp³-hybridized carbons (Fsp3) is 0.294. The van der Waals surface area contributed by atoms with E-state index in [1.54, 1.807) is 29.2 Å². The molecule has 0 bridgehead atoms. The van der Waals surface area contributed by atoms with Crippen molar-refractivity contribution in [1.82, 2.24) is 14.9 Å². The zero-order valence-electron chi connectivity index (χ0n) is 13.9. The van der Waals surface area contributed by atoms with Crippen molar-refractivity contribution in [3.63, 3.8) is 0 Å². The largest absolute Gasteiger partial charge is 0.465 e. The highest BCUT2D eigenvalue weighted by atomic mass is 16.5. The number of rotatable bonds is 6. The molecule has 1 aromatic carbocycles. The molecule has 2 aromatic rings. The van der Waals surface area contributed by atoms with Gasteiger partial charge in [-0.15, -0.1) is 0 Å².